The number of amides is 2. The Morgan fingerprint density at radius 1 is 1.12 bits per heavy atom. The summed E-state index contributed by atoms with van der Waals surface area (Å²) in [6.45, 7) is 11.7. The minimum Gasteiger partial charge on any atom is -0.459 e. The molecule has 4 N–H and O–H groups in total. The summed E-state index contributed by atoms with van der Waals surface area (Å²) in [6, 6.07) is 0. The monoisotopic (exact) mass is 698 g/mol. The first kappa shape index (κ1) is 41.8. The number of hydrogen-bond acceptors (Lipinski definition) is 11. The van der Waals surface area contributed by atoms with Gasteiger partial charge in [-0.25, -0.2) is 4.79 Å². The van der Waals surface area contributed by atoms with Crippen molar-refractivity contribution in [3.63, 3.8) is 0 Å². The standard InChI is InChI=1S/C37H54N4O9/c1-10-16-39-32-26-18-22(2)19-30(48-9)35(49-31(43)15-12-17-41(6)7)25(5)20-24(4)34(50-37(38)46)29(47-8)14-11-13-23(3)36(45)40-27(33(26)44)21-28(32)42/h10-11,13-14,20-22,25,29-30,34-35,39H,1,12,15-19H2,2-9H3,(H2,38,46)(H,40,45)/b14-11-,23-13+,24-20+/t22?,25-,29+,30?,34-,35-/m1/s1. The molecule has 50 heavy (non-hydrogen) atoms. The van der Waals surface area contributed by atoms with E-state index in [9.17, 15) is 24.0 Å². The Kier molecular flexibility index (Phi) is 17.0. The van der Waals surface area contributed by atoms with Gasteiger partial charge in [-0.3, -0.25) is 19.2 Å². The Morgan fingerprint density at radius 3 is 2.42 bits per heavy atom. The molecule has 0 aromatic carbocycles. The van der Waals surface area contributed by atoms with Crippen molar-refractivity contribution >= 4 is 29.5 Å². The zero-order chi connectivity index (χ0) is 37.5. The second kappa shape index (κ2) is 20.4. The number of nitrogens with two attached hydrogens (primary N) is 1. The Hall–Kier alpha value is -4.33. The van der Waals surface area contributed by atoms with Crippen molar-refractivity contribution in [2.45, 2.75) is 77.8 Å². The van der Waals surface area contributed by atoms with Crippen LogP contribution in [-0.4, -0.2) is 100 Å². The fourth-order valence-electron chi connectivity index (χ4n) is 5.87. The van der Waals surface area contributed by atoms with Crippen LogP contribution in [0.5, 0.6) is 0 Å². The van der Waals surface area contributed by atoms with Crippen LogP contribution in [0.1, 0.15) is 53.4 Å². The molecule has 2 unspecified atom stereocenters. The molecule has 0 radical (unpaired) electrons. The number of allylic oxidation sites excluding steroid dienone is 4. The van der Waals surface area contributed by atoms with Crippen LogP contribution in [-0.2, 0) is 38.1 Å². The first-order chi connectivity index (χ1) is 23.6. The largest absolute Gasteiger partial charge is 0.459 e. The molecule has 2 aliphatic rings. The van der Waals surface area contributed by atoms with E-state index < -0.39 is 59.9 Å². The molecular formula is C37H54N4O9. The van der Waals surface area contributed by atoms with Gasteiger partial charge in [0.05, 0.1) is 17.5 Å². The number of ether oxygens (including phenoxy) is 4. The van der Waals surface area contributed by atoms with Crippen LogP contribution in [0.2, 0.25) is 0 Å². The summed E-state index contributed by atoms with van der Waals surface area (Å²) >= 11 is 0. The number of ketones is 2. The smallest absolute Gasteiger partial charge is 0.405 e. The molecule has 2 bridgehead atoms. The lowest BCUT2D eigenvalue weighted by atomic mass is 9.85. The molecule has 1 aliphatic carbocycles. The van der Waals surface area contributed by atoms with E-state index in [2.05, 4.69) is 17.2 Å². The summed E-state index contributed by atoms with van der Waals surface area (Å²) in [5.74, 6) is -2.65. The second-order valence-corrected chi connectivity index (χ2v) is 13.0. The van der Waals surface area contributed by atoms with Gasteiger partial charge < -0.3 is 40.2 Å². The van der Waals surface area contributed by atoms with Crippen LogP contribution in [0, 0.1) is 11.8 Å². The maximum absolute atomic E-state index is 13.8. The average molecular weight is 699 g/mol. The molecule has 0 spiro atoms. The number of Topliss-reactive ketones (excluding diaryl/α,β-unsaturated/α-hetero) is 1. The van der Waals surface area contributed by atoms with Gasteiger partial charge in [-0.05, 0) is 65.2 Å². The Balaban J connectivity index is 2.71. The van der Waals surface area contributed by atoms with Crippen molar-refractivity contribution < 1.29 is 42.9 Å². The van der Waals surface area contributed by atoms with Gasteiger partial charge in [0.2, 0.25) is 11.6 Å². The number of methoxy groups -OCH3 is 2. The maximum atomic E-state index is 13.8. The van der Waals surface area contributed by atoms with E-state index >= 15 is 0 Å². The Morgan fingerprint density at radius 2 is 1.82 bits per heavy atom. The van der Waals surface area contributed by atoms with E-state index in [0.717, 1.165) is 6.08 Å². The summed E-state index contributed by atoms with van der Waals surface area (Å²) in [7, 11) is 6.80. The number of nitrogens with zero attached hydrogens (tertiary/aromatic N) is 1. The molecule has 13 heteroatoms. The molecular weight excluding hydrogens is 644 g/mol. The lowest BCUT2D eigenvalue weighted by molar-refractivity contribution is -0.160. The maximum Gasteiger partial charge on any atom is 0.405 e. The molecule has 1 aliphatic heterocycles. The average Bonchev–Trinajstić information content (AvgIpc) is 3.04. The molecule has 13 nitrogen and oxygen atoms in total. The van der Waals surface area contributed by atoms with Gasteiger partial charge in [-0.1, -0.05) is 44.2 Å². The third-order valence-electron chi connectivity index (χ3n) is 8.44. The van der Waals surface area contributed by atoms with Crippen molar-refractivity contribution in [3.05, 3.63) is 71.1 Å². The number of hydrogen-bond donors (Lipinski definition) is 3. The van der Waals surface area contributed by atoms with Gasteiger partial charge >= 0.3 is 12.1 Å². The molecule has 1 heterocycles. The third-order valence-corrected chi connectivity index (χ3v) is 8.44. The molecule has 0 saturated carbocycles. The highest BCUT2D eigenvalue weighted by molar-refractivity contribution is 6.23. The number of carbonyl (C=O) groups excluding carboxylic acids is 5. The number of primary amides is 1. The molecule has 0 aromatic heterocycles. The van der Waals surface area contributed by atoms with Crippen LogP contribution in [0.3, 0.4) is 0 Å². The number of carbonyl (C=O) groups is 5. The van der Waals surface area contributed by atoms with Crippen LogP contribution in [0.25, 0.3) is 0 Å². The number of esters is 1. The van der Waals surface area contributed by atoms with Gasteiger partial charge in [0.1, 0.15) is 12.2 Å². The molecule has 6 atom stereocenters. The van der Waals surface area contributed by atoms with Gasteiger partial charge in [0, 0.05) is 50.3 Å². The third kappa shape index (κ3) is 12.5. The first-order valence-electron chi connectivity index (χ1n) is 16.7. The summed E-state index contributed by atoms with van der Waals surface area (Å²) in [4.78, 5) is 67.4. The lowest BCUT2D eigenvalue weighted by Crippen LogP contribution is -2.40. The van der Waals surface area contributed by atoms with Crippen LogP contribution in [0.15, 0.2) is 71.1 Å². The molecule has 0 aromatic rings. The van der Waals surface area contributed by atoms with Crippen LogP contribution >= 0.6 is 0 Å². The zero-order valence-electron chi connectivity index (χ0n) is 30.6. The van der Waals surface area contributed by atoms with Gasteiger partial charge in [0.25, 0.3) is 5.91 Å². The SMILES string of the molecule is C=CCNC1=C2CC(C)CC(OC)[C@H](OC(=O)CCCN(C)C)[C@H](C)/C=C(\C)[C@@H](OC(N)=O)[C@@H](OC)/C=C\C=C(/C)C(=O)NC(=CC1=O)C2=O. The van der Waals surface area contributed by atoms with Crippen molar-refractivity contribution in [3.8, 4) is 0 Å². The fraction of sp³-hybridized carbons (Fsp3) is 0.541. The molecule has 2 amide bonds. The summed E-state index contributed by atoms with van der Waals surface area (Å²) in [5, 5.41) is 5.58. The first-order valence-corrected chi connectivity index (χ1v) is 16.7. The topological polar surface area (TPSA) is 176 Å². The normalized spacial score (nSPS) is 28.4. The number of rotatable bonds is 11. The van der Waals surface area contributed by atoms with Crippen LogP contribution < -0.4 is 16.4 Å². The van der Waals surface area contributed by atoms with Gasteiger partial charge in [0.15, 0.2) is 6.10 Å². The van der Waals surface area contributed by atoms with E-state index in [1.165, 1.54) is 20.3 Å². The molecule has 0 fully saturated rings. The van der Waals surface area contributed by atoms with Crippen molar-refractivity contribution in [1.82, 2.24) is 15.5 Å². The van der Waals surface area contributed by atoms with E-state index in [-0.39, 0.29) is 47.8 Å². The van der Waals surface area contributed by atoms with Crippen molar-refractivity contribution in [1.29, 1.82) is 0 Å². The zero-order valence-corrected chi connectivity index (χ0v) is 30.6. The minimum atomic E-state index is -1.02. The van der Waals surface area contributed by atoms with Gasteiger partial charge in [-0.2, -0.15) is 0 Å². The van der Waals surface area contributed by atoms with Gasteiger partial charge in [-0.15, -0.1) is 6.58 Å². The highest BCUT2D eigenvalue weighted by atomic mass is 16.6. The number of nitrogens with one attached hydrogen (secondary N) is 2. The van der Waals surface area contributed by atoms with E-state index in [1.54, 1.807) is 32.1 Å². The van der Waals surface area contributed by atoms with E-state index in [1.807, 2.05) is 38.9 Å². The van der Waals surface area contributed by atoms with Crippen molar-refractivity contribution in [2.75, 3.05) is 41.4 Å². The highest BCUT2D eigenvalue weighted by Crippen LogP contribution is 2.30. The quantitative estimate of drug-likeness (QED) is 0.164. The molecule has 276 valence electrons. The minimum absolute atomic E-state index is 0.136. The Labute approximate surface area is 295 Å². The van der Waals surface area contributed by atoms with E-state index in [4.69, 9.17) is 24.7 Å². The van der Waals surface area contributed by atoms with Crippen molar-refractivity contribution in [2.24, 2.45) is 17.6 Å². The molecule has 2 rings (SSSR count). The van der Waals surface area contributed by atoms with Crippen LogP contribution in [0.4, 0.5) is 4.79 Å². The molecule has 0 saturated heterocycles. The fourth-order valence-corrected chi connectivity index (χ4v) is 5.87. The second-order valence-electron chi connectivity index (χ2n) is 13.0. The van der Waals surface area contributed by atoms with E-state index in [0.29, 0.717) is 25.0 Å². The summed E-state index contributed by atoms with van der Waals surface area (Å²) < 4.78 is 23.2. The predicted molar refractivity (Wildman–Crippen MR) is 189 cm³/mol. The number of fused-ring (bicyclic) bond motifs is 2. The highest BCUT2D eigenvalue weighted by Gasteiger charge is 2.35. The summed E-state index contributed by atoms with van der Waals surface area (Å²) in [5.41, 5.74) is 6.46. The Bertz CT molecular complexity index is 1430. The lowest BCUT2D eigenvalue weighted by Gasteiger charge is -2.32. The predicted octanol–water partition coefficient (Wildman–Crippen LogP) is 3.43. The summed E-state index contributed by atoms with van der Waals surface area (Å²) in [6.07, 6.45) is 6.21.